The SMILES string of the molecule is CCC(CSC)N(C)CC1(CNCC(C)C)CCCOC1. The van der Waals surface area contributed by atoms with Crippen LogP contribution < -0.4 is 5.32 Å². The Kier molecular flexibility index (Phi) is 9.26. The van der Waals surface area contributed by atoms with Crippen LogP contribution in [0.5, 0.6) is 0 Å². The van der Waals surface area contributed by atoms with Crippen LogP contribution in [0.2, 0.25) is 0 Å². The first kappa shape index (κ1) is 19.3. The number of nitrogens with one attached hydrogen (secondary N) is 1. The molecule has 2 atom stereocenters. The summed E-state index contributed by atoms with van der Waals surface area (Å²) in [5.74, 6) is 1.94. The van der Waals surface area contributed by atoms with Gasteiger partial charge in [0.25, 0.3) is 0 Å². The Morgan fingerprint density at radius 1 is 1.38 bits per heavy atom. The van der Waals surface area contributed by atoms with Gasteiger partial charge in [-0.05, 0) is 45.0 Å². The minimum Gasteiger partial charge on any atom is -0.381 e. The monoisotopic (exact) mass is 316 g/mol. The standard InChI is InChI=1S/C17H36N2OS/c1-6-16(11-21-5)19(4)13-17(8-7-9-20-14-17)12-18-10-15(2)3/h15-16,18H,6-14H2,1-5H3. The first-order valence-electron chi connectivity index (χ1n) is 8.50. The molecule has 0 aromatic heterocycles. The summed E-state index contributed by atoms with van der Waals surface area (Å²) in [6, 6.07) is 0.684. The number of ether oxygens (including phenoxy) is 1. The summed E-state index contributed by atoms with van der Waals surface area (Å²) < 4.78 is 5.85. The molecule has 3 nitrogen and oxygen atoms in total. The highest BCUT2D eigenvalue weighted by Crippen LogP contribution is 2.30. The molecule has 0 saturated carbocycles. The van der Waals surface area contributed by atoms with Gasteiger partial charge in [-0.25, -0.2) is 0 Å². The fourth-order valence-corrected chi connectivity index (χ4v) is 4.14. The van der Waals surface area contributed by atoms with Crippen molar-refractivity contribution in [3.05, 3.63) is 0 Å². The zero-order chi connectivity index (χ0) is 15.7. The minimum absolute atomic E-state index is 0.299. The van der Waals surface area contributed by atoms with E-state index >= 15 is 0 Å². The topological polar surface area (TPSA) is 24.5 Å². The van der Waals surface area contributed by atoms with E-state index in [4.69, 9.17) is 4.74 Å². The van der Waals surface area contributed by atoms with E-state index in [0.717, 1.165) is 32.8 Å². The third-order valence-corrected chi connectivity index (χ3v) is 5.21. The van der Waals surface area contributed by atoms with Gasteiger partial charge >= 0.3 is 0 Å². The van der Waals surface area contributed by atoms with Gasteiger partial charge in [0.05, 0.1) is 6.61 Å². The van der Waals surface area contributed by atoms with Gasteiger partial charge in [0.15, 0.2) is 0 Å². The molecule has 1 fully saturated rings. The van der Waals surface area contributed by atoms with Crippen molar-refractivity contribution in [3.8, 4) is 0 Å². The molecule has 0 aliphatic carbocycles. The summed E-state index contributed by atoms with van der Waals surface area (Å²) in [5, 5.41) is 3.68. The molecular weight excluding hydrogens is 280 g/mol. The van der Waals surface area contributed by atoms with Crippen molar-refractivity contribution < 1.29 is 4.74 Å². The Balaban J connectivity index is 2.59. The van der Waals surface area contributed by atoms with Crippen molar-refractivity contribution in [2.45, 2.75) is 46.1 Å². The van der Waals surface area contributed by atoms with Crippen LogP contribution in [0.1, 0.15) is 40.0 Å². The van der Waals surface area contributed by atoms with Gasteiger partial charge in [-0.15, -0.1) is 0 Å². The van der Waals surface area contributed by atoms with Crippen molar-refractivity contribution in [1.82, 2.24) is 10.2 Å². The molecule has 0 aromatic rings. The van der Waals surface area contributed by atoms with Gasteiger partial charge in [-0.3, -0.25) is 0 Å². The molecule has 1 N–H and O–H groups in total. The van der Waals surface area contributed by atoms with E-state index in [1.807, 2.05) is 11.8 Å². The number of thioether (sulfide) groups is 1. The first-order valence-corrected chi connectivity index (χ1v) is 9.90. The second-order valence-corrected chi connectivity index (χ2v) is 8.02. The number of rotatable bonds is 10. The van der Waals surface area contributed by atoms with Crippen molar-refractivity contribution in [2.24, 2.45) is 11.3 Å². The molecule has 1 saturated heterocycles. The second-order valence-electron chi connectivity index (χ2n) is 7.11. The van der Waals surface area contributed by atoms with Crippen LogP contribution in [0.3, 0.4) is 0 Å². The molecule has 21 heavy (non-hydrogen) atoms. The molecule has 126 valence electrons. The summed E-state index contributed by atoms with van der Waals surface area (Å²) in [4.78, 5) is 2.57. The van der Waals surface area contributed by atoms with Crippen LogP contribution in [0.15, 0.2) is 0 Å². The third kappa shape index (κ3) is 6.89. The maximum Gasteiger partial charge on any atom is 0.0546 e. The molecule has 1 rings (SSSR count). The zero-order valence-electron chi connectivity index (χ0n) is 14.8. The summed E-state index contributed by atoms with van der Waals surface area (Å²) in [6.45, 7) is 12.0. The second kappa shape index (κ2) is 10.1. The average Bonchev–Trinajstić information content (AvgIpc) is 2.45. The predicted molar refractivity (Wildman–Crippen MR) is 95.3 cm³/mol. The van der Waals surface area contributed by atoms with Crippen LogP contribution in [0.25, 0.3) is 0 Å². The van der Waals surface area contributed by atoms with Crippen LogP contribution >= 0.6 is 11.8 Å². The normalized spacial score (nSPS) is 24.7. The molecule has 1 heterocycles. The van der Waals surface area contributed by atoms with E-state index in [2.05, 4.69) is 44.3 Å². The summed E-state index contributed by atoms with van der Waals surface area (Å²) >= 11 is 1.96. The van der Waals surface area contributed by atoms with Gasteiger partial charge in [-0.1, -0.05) is 20.8 Å². The van der Waals surface area contributed by atoms with Crippen LogP contribution in [0.4, 0.5) is 0 Å². The number of hydrogen-bond acceptors (Lipinski definition) is 4. The molecule has 4 heteroatoms. The molecule has 0 aromatic carbocycles. The smallest absolute Gasteiger partial charge is 0.0546 e. The maximum absolute atomic E-state index is 5.85. The molecule has 1 aliphatic heterocycles. The molecule has 2 unspecified atom stereocenters. The highest BCUT2D eigenvalue weighted by atomic mass is 32.2. The number of nitrogens with zero attached hydrogens (tertiary/aromatic N) is 1. The fourth-order valence-electron chi connectivity index (χ4n) is 3.26. The van der Waals surface area contributed by atoms with Gasteiger partial charge in [0.2, 0.25) is 0 Å². The largest absolute Gasteiger partial charge is 0.381 e. The molecular formula is C17H36N2OS. The molecule has 0 amide bonds. The van der Waals surface area contributed by atoms with Crippen LogP contribution in [-0.2, 0) is 4.74 Å². The van der Waals surface area contributed by atoms with Crippen molar-refractivity contribution >= 4 is 11.8 Å². The van der Waals surface area contributed by atoms with Crippen molar-refractivity contribution in [2.75, 3.05) is 51.9 Å². The Labute approximate surface area is 136 Å². The van der Waals surface area contributed by atoms with E-state index in [1.165, 1.54) is 25.0 Å². The van der Waals surface area contributed by atoms with Gasteiger partial charge in [0, 0.05) is 36.9 Å². The minimum atomic E-state index is 0.299. The molecule has 0 bridgehead atoms. The van der Waals surface area contributed by atoms with Crippen LogP contribution in [0, 0.1) is 11.3 Å². The van der Waals surface area contributed by atoms with Gasteiger partial charge in [0.1, 0.15) is 0 Å². The van der Waals surface area contributed by atoms with E-state index < -0.39 is 0 Å². The summed E-state index contributed by atoms with van der Waals surface area (Å²) in [6.07, 6.45) is 5.93. The number of hydrogen-bond donors (Lipinski definition) is 1. The molecule has 0 radical (unpaired) electrons. The van der Waals surface area contributed by atoms with E-state index in [-0.39, 0.29) is 0 Å². The summed E-state index contributed by atoms with van der Waals surface area (Å²) in [7, 11) is 2.29. The quantitative estimate of drug-likeness (QED) is 0.669. The van der Waals surface area contributed by atoms with E-state index in [1.54, 1.807) is 0 Å². The van der Waals surface area contributed by atoms with Crippen LogP contribution in [-0.4, -0.2) is 62.8 Å². The average molecular weight is 317 g/mol. The maximum atomic E-state index is 5.85. The third-order valence-electron chi connectivity index (χ3n) is 4.50. The Bertz CT molecular complexity index is 268. The van der Waals surface area contributed by atoms with E-state index in [0.29, 0.717) is 17.4 Å². The Morgan fingerprint density at radius 3 is 2.67 bits per heavy atom. The Hall–Kier alpha value is 0.230. The highest BCUT2D eigenvalue weighted by Gasteiger charge is 2.35. The predicted octanol–water partition coefficient (Wildman–Crippen LogP) is 3.10. The van der Waals surface area contributed by atoms with Crippen molar-refractivity contribution in [3.63, 3.8) is 0 Å². The molecule has 0 spiro atoms. The lowest BCUT2D eigenvalue weighted by Gasteiger charge is -2.42. The lowest BCUT2D eigenvalue weighted by molar-refractivity contribution is -0.0274. The zero-order valence-corrected chi connectivity index (χ0v) is 15.6. The lowest BCUT2D eigenvalue weighted by atomic mass is 9.81. The van der Waals surface area contributed by atoms with Gasteiger partial charge in [-0.2, -0.15) is 11.8 Å². The summed E-state index contributed by atoms with van der Waals surface area (Å²) in [5.41, 5.74) is 0.299. The fraction of sp³-hybridized carbons (Fsp3) is 1.00. The first-order chi connectivity index (χ1) is 10.0. The van der Waals surface area contributed by atoms with Crippen molar-refractivity contribution in [1.29, 1.82) is 0 Å². The molecule has 1 aliphatic rings. The van der Waals surface area contributed by atoms with Gasteiger partial charge < -0.3 is 15.0 Å². The van der Waals surface area contributed by atoms with E-state index in [9.17, 15) is 0 Å². The highest BCUT2D eigenvalue weighted by molar-refractivity contribution is 7.98. The lowest BCUT2D eigenvalue weighted by Crippen LogP contribution is -2.51. The Morgan fingerprint density at radius 2 is 2.14 bits per heavy atom.